The monoisotopic (exact) mass is 406 g/mol. The van der Waals surface area contributed by atoms with E-state index in [0.29, 0.717) is 17.9 Å². The highest BCUT2D eigenvalue weighted by Gasteiger charge is 2.31. The summed E-state index contributed by atoms with van der Waals surface area (Å²) in [4.78, 5) is 26.9. The van der Waals surface area contributed by atoms with Gasteiger partial charge in [0.15, 0.2) is 5.96 Å². The van der Waals surface area contributed by atoms with Gasteiger partial charge in [-0.15, -0.1) is 0 Å². The van der Waals surface area contributed by atoms with Crippen LogP contribution in [0.25, 0.3) is 0 Å². The second kappa shape index (κ2) is 11.2. The van der Waals surface area contributed by atoms with Gasteiger partial charge in [-0.3, -0.25) is 19.6 Å². The van der Waals surface area contributed by atoms with Crippen molar-refractivity contribution < 1.29 is 4.79 Å². The molecule has 0 aromatic carbocycles. The van der Waals surface area contributed by atoms with Gasteiger partial charge in [-0.1, -0.05) is 20.3 Å². The minimum Gasteiger partial charge on any atom is -0.357 e. The largest absolute Gasteiger partial charge is 0.357 e. The Morgan fingerprint density at radius 3 is 2.31 bits per heavy atom. The fourth-order valence-corrected chi connectivity index (χ4v) is 4.80. The molecule has 0 radical (unpaired) electrons. The zero-order valence-corrected chi connectivity index (χ0v) is 18.9. The third-order valence-electron chi connectivity index (χ3n) is 6.94. The van der Waals surface area contributed by atoms with Crippen LogP contribution in [0.3, 0.4) is 0 Å². The zero-order valence-electron chi connectivity index (χ0n) is 18.9. The molecule has 3 rings (SSSR count). The Bertz CT molecular complexity index is 537. The summed E-state index contributed by atoms with van der Waals surface area (Å²) in [6.07, 6.45) is 4.66. The molecule has 1 atom stereocenters. The van der Waals surface area contributed by atoms with Crippen LogP contribution in [-0.4, -0.2) is 110 Å². The number of nitrogens with zero attached hydrogens (tertiary/aromatic N) is 5. The molecule has 0 spiro atoms. The van der Waals surface area contributed by atoms with E-state index >= 15 is 0 Å². The van der Waals surface area contributed by atoms with Crippen molar-refractivity contribution in [2.45, 2.75) is 52.5 Å². The van der Waals surface area contributed by atoms with E-state index in [4.69, 9.17) is 4.99 Å². The van der Waals surface area contributed by atoms with Crippen LogP contribution in [0.4, 0.5) is 0 Å². The second-order valence-corrected chi connectivity index (χ2v) is 8.64. The van der Waals surface area contributed by atoms with Gasteiger partial charge < -0.3 is 15.1 Å². The molecule has 1 unspecified atom stereocenters. The van der Waals surface area contributed by atoms with Crippen molar-refractivity contribution in [3.63, 3.8) is 0 Å². The molecule has 2 aliphatic heterocycles. The van der Waals surface area contributed by atoms with Gasteiger partial charge >= 0.3 is 0 Å². The predicted molar refractivity (Wildman–Crippen MR) is 119 cm³/mol. The maximum absolute atomic E-state index is 12.4. The lowest BCUT2D eigenvalue weighted by Gasteiger charge is -2.38. The minimum absolute atomic E-state index is 0.328. The maximum Gasteiger partial charge on any atom is 0.225 e. The summed E-state index contributed by atoms with van der Waals surface area (Å²) in [5, 5.41) is 3.49. The molecule has 7 nitrogen and oxygen atoms in total. The van der Waals surface area contributed by atoms with Crippen LogP contribution in [0, 0.1) is 5.92 Å². The maximum atomic E-state index is 12.4. The molecule has 29 heavy (non-hydrogen) atoms. The molecular weight excluding hydrogens is 364 g/mol. The molecule has 166 valence electrons. The lowest BCUT2D eigenvalue weighted by atomic mass is 9.84. The smallest absolute Gasteiger partial charge is 0.225 e. The normalized spacial score (nSPS) is 24.3. The Balaban J connectivity index is 1.42. The molecule has 1 amide bonds. The highest BCUT2D eigenvalue weighted by molar-refractivity contribution is 5.80. The van der Waals surface area contributed by atoms with E-state index in [-0.39, 0.29) is 0 Å². The minimum atomic E-state index is 0.328. The Kier molecular flexibility index (Phi) is 8.60. The number of hydrogen-bond acceptors (Lipinski definition) is 4. The molecule has 7 heteroatoms. The summed E-state index contributed by atoms with van der Waals surface area (Å²) in [6.45, 7) is 17.5. The fraction of sp³-hybridized carbons (Fsp3) is 0.909. The summed E-state index contributed by atoms with van der Waals surface area (Å²) in [5.41, 5.74) is 0. The van der Waals surface area contributed by atoms with Crippen molar-refractivity contribution in [2.24, 2.45) is 10.9 Å². The van der Waals surface area contributed by atoms with Crippen molar-refractivity contribution in [2.75, 3.05) is 72.0 Å². The number of likely N-dealkylation sites (tertiary alicyclic amines) is 1. The lowest BCUT2D eigenvalue weighted by molar-refractivity contribution is -0.139. The Hall–Kier alpha value is -1.34. The average molecular weight is 407 g/mol. The van der Waals surface area contributed by atoms with Crippen molar-refractivity contribution in [3.05, 3.63) is 0 Å². The van der Waals surface area contributed by atoms with E-state index in [9.17, 15) is 4.79 Å². The van der Waals surface area contributed by atoms with Crippen molar-refractivity contribution in [3.8, 4) is 0 Å². The molecular formula is C22H42N6O. The Morgan fingerprint density at radius 1 is 1.00 bits per heavy atom. The number of carbonyl (C=O) groups excluding carboxylic acids is 1. The van der Waals surface area contributed by atoms with E-state index in [1.807, 2.05) is 0 Å². The highest BCUT2D eigenvalue weighted by Crippen LogP contribution is 2.28. The number of likely N-dealkylation sites (N-methyl/N-ethyl adjacent to an activating group) is 1. The van der Waals surface area contributed by atoms with Crippen LogP contribution in [0.15, 0.2) is 4.99 Å². The predicted octanol–water partition coefficient (Wildman–Crippen LogP) is 1.31. The third kappa shape index (κ3) is 5.85. The molecule has 0 bridgehead atoms. The van der Waals surface area contributed by atoms with E-state index in [0.717, 1.165) is 90.8 Å². The number of aliphatic imine (C=N–C) groups is 1. The molecule has 0 aromatic rings. The Labute approximate surface area is 177 Å². The molecule has 1 saturated carbocycles. The first kappa shape index (κ1) is 22.3. The van der Waals surface area contributed by atoms with Crippen LogP contribution in [0.1, 0.15) is 46.5 Å². The van der Waals surface area contributed by atoms with E-state index < -0.39 is 0 Å². The average Bonchev–Trinajstić information content (AvgIpc) is 3.17. The zero-order chi connectivity index (χ0) is 20.6. The standard InChI is InChI=1S/C22H42N6O/c1-4-23-22(28-12-10-20(18-28)26(5-2)6-3)24-11-13-25-14-16-27(17-15-25)21(29)19-8-7-9-19/h19-20H,4-18H2,1-3H3,(H,23,24). The van der Waals surface area contributed by atoms with E-state index in [2.05, 4.69) is 45.7 Å². The molecule has 2 saturated heterocycles. The number of rotatable bonds is 8. The topological polar surface area (TPSA) is 54.4 Å². The van der Waals surface area contributed by atoms with Gasteiger partial charge in [0.1, 0.15) is 0 Å². The van der Waals surface area contributed by atoms with Gasteiger partial charge in [0.05, 0.1) is 6.54 Å². The summed E-state index contributed by atoms with van der Waals surface area (Å²) >= 11 is 0. The summed E-state index contributed by atoms with van der Waals surface area (Å²) in [5.74, 6) is 1.80. The highest BCUT2D eigenvalue weighted by atomic mass is 16.2. The van der Waals surface area contributed by atoms with Crippen molar-refractivity contribution in [1.82, 2.24) is 24.9 Å². The van der Waals surface area contributed by atoms with Crippen LogP contribution in [-0.2, 0) is 4.79 Å². The fourth-order valence-electron chi connectivity index (χ4n) is 4.80. The molecule has 3 aliphatic rings. The first-order chi connectivity index (χ1) is 14.2. The number of piperazine rings is 1. The van der Waals surface area contributed by atoms with Crippen LogP contribution in [0.5, 0.6) is 0 Å². The van der Waals surface area contributed by atoms with Crippen molar-refractivity contribution >= 4 is 11.9 Å². The van der Waals surface area contributed by atoms with Crippen molar-refractivity contribution in [1.29, 1.82) is 0 Å². The third-order valence-corrected chi connectivity index (χ3v) is 6.94. The number of guanidine groups is 1. The van der Waals surface area contributed by atoms with Crippen LogP contribution < -0.4 is 5.32 Å². The summed E-state index contributed by atoms with van der Waals surface area (Å²) in [7, 11) is 0. The summed E-state index contributed by atoms with van der Waals surface area (Å²) < 4.78 is 0. The van der Waals surface area contributed by atoms with Gasteiger partial charge in [0, 0.05) is 64.3 Å². The van der Waals surface area contributed by atoms with E-state index in [1.54, 1.807) is 0 Å². The van der Waals surface area contributed by atoms with Gasteiger partial charge in [-0.25, -0.2) is 0 Å². The van der Waals surface area contributed by atoms with Gasteiger partial charge in [-0.05, 0) is 39.3 Å². The number of nitrogens with one attached hydrogen (secondary N) is 1. The molecule has 2 heterocycles. The number of carbonyl (C=O) groups is 1. The second-order valence-electron chi connectivity index (χ2n) is 8.64. The number of amides is 1. The quantitative estimate of drug-likeness (QED) is 0.487. The van der Waals surface area contributed by atoms with Gasteiger partial charge in [0.25, 0.3) is 0 Å². The molecule has 0 aromatic heterocycles. The molecule has 1 N–H and O–H groups in total. The SMILES string of the molecule is CCNC(=NCCN1CCN(C(=O)C2CCC2)CC1)N1CCC(N(CC)CC)C1. The van der Waals surface area contributed by atoms with Crippen LogP contribution >= 0.6 is 0 Å². The lowest BCUT2D eigenvalue weighted by Crippen LogP contribution is -2.51. The van der Waals surface area contributed by atoms with Gasteiger partial charge in [0.2, 0.25) is 5.91 Å². The first-order valence-corrected chi connectivity index (χ1v) is 11.9. The van der Waals surface area contributed by atoms with Crippen LogP contribution in [0.2, 0.25) is 0 Å². The Morgan fingerprint density at radius 2 is 1.72 bits per heavy atom. The van der Waals surface area contributed by atoms with Gasteiger partial charge in [-0.2, -0.15) is 0 Å². The summed E-state index contributed by atoms with van der Waals surface area (Å²) in [6, 6.07) is 0.648. The molecule has 3 fully saturated rings. The number of hydrogen-bond donors (Lipinski definition) is 1. The van der Waals surface area contributed by atoms with E-state index in [1.165, 1.54) is 12.8 Å². The first-order valence-electron chi connectivity index (χ1n) is 11.9. The molecule has 1 aliphatic carbocycles.